The number of methoxy groups -OCH3 is 1. The van der Waals surface area contributed by atoms with Gasteiger partial charge in [-0.1, -0.05) is 18.2 Å². The van der Waals surface area contributed by atoms with Crippen LogP contribution in [0.1, 0.15) is 48.7 Å². The average molecular weight is 491 g/mol. The quantitative estimate of drug-likeness (QED) is 0.472. The first-order chi connectivity index (χ1) is 17.3. The molecule has 1 aromatic heterocycles. The highest BCUT2D eigenvalue weighted by molar-refractivity contribution is 5.88. The number of pyridine rings is 1. The van der Waals surface area contributed by atoms with E-state index in [1.54, 1.807) is 7.11 Å². The van der Waals surface area contributed by atoms with Crippen molar-refractivity contribution in [2.45, 2.75) is 44.4 Å². The minimum atomic E-state index is -1.24. The Balaban J connectivity index is 1.44. The summed E-state index contributed by atoms with van der Waals surface area (Å²) >= 11 is 0. The van der Waals surface area contributed by atoms with Gasteiger partial charge in [0.05, 0.1) is 36.6 Å². The lowest BCUT2D eigenvalue weighted by Crippen LogP contribution is -2.50. The predicted octanol–water partition coefficient (Wildman–Crippen LogP) is 4.25. The molecule has 3 aromatic rings. The molecular weight excluding hydrogens is 460 g/mol. The molecule has 0 amide bonds. The van der Waals surface area contributed by atoms with E-state index < -0.39 is 11.4 Å². The first kappa shape index (κ1) is 23.9. The van der Waals surface area contributed by atoms with Crippen LogP contribution in [0.5, 0.6) is 11.5 Å². The number of para-hydroxylation sites is 1. The highest BCUT2D eigenvalue weighted by Crippen LogP contribution is 2.49. The Bertz CT molecular complexity index is 1330. The molecule has 2 aliphatic heterocycles. The summed E-state index contributed by atoms with van der Waals surface area (Å²) in [5, 5.41) is 11.7. The molecule has 1 fully saturated rings. The van der Waals surface area contributed by atoms with Crippen LogP contribution in [0.15, 0.2) is 65.6 Å². The summed E-state index contributed by atoms with van der Waals surface area (Å²) in [6.45, 7) is 5.24. The molecule has 1 N–H and O–H groups in total. The Kier molecular flexibility index (Phi) is 6.22. The van der Waals surface area contributed by atoms with Gasteiger partial charge in [0, 0.05) is 37.8 Å². The van der Waals surface area contributed by atoms with Crippen LogP contribution in [-0.4, -0.2) is 47.7 Å². The normalized spacial score (nSPS) is 19.2. The molecule has 2 aromatic carbocycles. The third-order valence-corrected chi connectivity index (χ3v) is 6.92. The zero-order valence-corrected chi connectivity index (χ0v) is 20.6. The molecule has 2 aliphatic rings. The molecule has 0 aliphatic carbocycles. The van der Waals surface area contributed by atoms with Crippen LogP contribution < -0.4 is 19.9 Å². The smallest absolute Gasteiger partial charge is 0.341 e. The van der Waals surface area contributed by atoms with Gasteiger partial charge in [-0.2, -0.15) is 0 Å². The maximum absolute atomic E-state index is 12.6. The van der Waals surface area contributed by atoms with Crippen LogP contribution >= 0.6 is 0 Å². The van der Waals surface area contributed by atoms with Gasteiger partial charge in [0.1, 0.15) is 17.1 Å². The minimum absolute atomic E-state index is 0.117. The number of hydrogen-bond donors (Lipinski definition) is 1. The van der Waals surface area contributed by atoms with E-state index in [0.29, 0.717) is 18.9 Å². The maximum Gasteiger partial charge on any atom is 0.341 e. The van der Waals surface area contributed by atoms with Crippen LogP contribution in [-0.2, 0) is 4.74 Å². The van der Waals surface area contributed by atoms with Gasteiger partial charge < -0.3 is 19.3 Å². The van der Waals surface area contributed by atoms with Gasteiger partial charge in [0.25, 0.3) is 0 Å². The number of carbonyl (C=O) groups is 1. The molecule has 0 saturated carbocycles. The van der Waals surface area contributed by atoms with E-state index in [1.165, 1.54) is 12.3 Å². The number of nitrogens with zero attached hydrogens (tertiary/aromatic N) is 2. The number of benzene rings is 2. The van der Waals surface area contributed by atoms with Gasteiger partial charge >= 0.3 is 5.97 Å². The lowest BCUT2D eigenvalue weighted by atomic mass is 9.92. The molecule has 0 radical (unpaired) electrons. The Hall–Kier alpha value is -3.78. The van der Waals surface area contributed by atoms with E-state index in [4.69, 9.17) is 14.2 Å². The zero-order chi connectivity index (χ0) is 25.4. The first-order valence-corrected chi connectivity index (χ1v) is 12.1. The zero-order valence-electron chi connectivity index (χ0n) is 20.6. The number of carboxylic acids is 1. The van der Waals surface area contributed by atoms with E-state index >= 15 is 0 Å². The van der Waals surface area contributed by atoms with Crippen molar-refractivity contribution in [3.63, 3.8) is 0 Å². The summed E-state index contributed by atoms with van der Waals surface area (Å²) in [4.78, 5) is 24.3. The highest BCUT2D eigenvalue weighted by Gasteiger charge is 2.51. The van der Waals surface area contributed by atoms with E-state index in [1.807, 2.05) is 53.2 Å². The Morgan fingerprint density at radius 3 is 2.47 bits per heavy atom. The monoisotopic (exact) mass is 490 g/mol. The van der Waals surface area contributed by atoms with Gasteiger partial charge in [0.15, 0.2) is 5.43 Å². The number of ether oxygens (including phenoxy) is 3. The maximum atomic E-state index is 12.6. The van der Waals surface area contributed by atoms with Crippen LogP contribution in [0.2, 0.25) is 0 Å². The highest BCUT2D eigenvalue weighted by atomic mass is 16.5. The van der Waals surface area contributed by atoms with E-state index in [9.17, 15) is 14.7 Å². The number of carboxylic acid groups (broad SMARTS) is 1. The van der Waals surface area contributed by atoms with E-state index in [-0.39, 0.29) is 23.2 Å². The van der Waals surface area contributed by atoms with E-state index in [2.05, 4.69) is 18.9 Å². The molecule has 1 saturated heterocycles. The second kappa shape index (κ2) is 9.35. The summed E-state index contributed by atoms with van der Waals surface area (Å²) < 4.78 is 19.5. The number of aromatic nitrogens is 1. The molecule has 3 heterocycles. The fourth-order valence-corrected chi connectivity index (χ4v) is 5.33. The molecule has 0 bridgehead atoms. The van der Waals surface area contributed by atoms with Crippen LogP contribution in [0.25, 0.3) is 11.3 Å². The van der Waals surface area contributed by atoms with Crippen molar-refractivity contribution >= 4 is 5.97 Å². The molecular formula is C28H30N2O6. The van der Waals surface area contributed by atoms with Crippen molar-refractivity contribution in [3.8, 4) is 22.8 Å². The summed E-state index contributed by atoms with van der Waals surface area (Å²) in [5.74, 6) is 0.324. The van der Waals surface area contributed by atoms with Gasteiger partial charge in [0.2, 0.25) is 0 Å². The third-order valence-electron chi connectivity index (χ3n) is 6.92. The van der Waals surface area contributed by atoms with Crippen LogP contribution in [0.3, 0.4) is 0 Å². The first-order valence-electron chi connectivity index (χ1n) is 12.1. The lowest BCUT2D eigenvalue weighted by molar-refractivity contribution is 0.0694. The second-order valence-corrected chi connectivity index (χ2v) is 9.78. The van der Waals surface area contributed by atoms with Crippen molar-refractivity contribution < 1.29 is 24.1 Å². The van der Waals surface area contributed by atoms with Crippen molar-refractivity contribution in [2.24, 2.45) is 0 Å². The number of aromatic carboxylic acids is 1. The van der Waals surface area contributed by atoms with Gasteiger partial charge in [-0.05, 0) is 49.7 Å². The summed E-state index contributed by atoms with van der Waals surface area (Å²) in [7, 11) is 1.70. The molecule has 8 nitrogen and oxygen atoms in total. The van der Waals surface area contributed by atoms with Crippen LogP contribution in [0.4, 0.5) is 0 Å². The van der Waals surface area contributed by atoms with E-state index in [0.717, 1.165) is 35.5 Å². The molecule has 1 unspecified atom stereocenters. The molecule has 0 spiro atoms. The number of fused-ring (bicyclic) bond motifs is 6. The summed E-state index contributed by atoms with van der Waals surface area (Å²) in [6, 6.07) is 16.8. The SMILES string of the molecule is CO[C@@H]1CC(C)(C)N2C1c1cc(OCCCOc3ccccc3)ccc1-c1cc(=O)c(C(=O)O)cn12. The van der Waals surface area contributed by atoms with Crippen LogP contribution in [0, 0.1) is 0 Å². The van der Waals surface area contributed by atoms with Crippen molar-refractivity contribution in [2.75, 3.05) is 25.3 Å². The Morgan fingerprint density at radius 1 is 1.06 bits per heavy atom. The fourth-order valence-electron chi connectivity index (χ4n) is 5.33. The Morgan fingerprint density at radius 2 is 1.78 bits per heavy atom. The van der Waals surface area contributed by atoms with Crippen molar-refractivity contribution in [1.29, 1.82) is 0 Å². The number of rotatable bonds is 8. The second-order valence-electron chi connectivity index (χ2n) is 9.78. The largest absolute Gasteiger partial charge is 0.493 e. The summed E-state index contributed by atoms with van der Waals surface area (Å²) in [6.07, 6.45) is 2.79. The topological polar surface area (TPSA) is 90.2 Å². The molecule has 188 valence electrons. The molecule has 5 rings (SSSR count). The van der Waals surface area contributed by atoms with Crippen molar-refractivity contribution in [1.82, 2.24) is 4.68 Å². The lowest BCUT2D eigenvalue weighted by Gasteiger charge is -2.44. The minimum Gasteiger partial charge on any atom is -0.493 e. The molecule has 36 heavy (non-hydrogen) atoms. The average Bonchev–Trinajstić information content (AvgIpc) is 3.14. The Labute approximate surface area is 209 Å². The number of hydrogen-bond acceptors (Lipinski definition) is 6. The standard InChI is InChI=1S/C28H30N2O6/c1-28(2)16-25(34-3)26-21-14-19(36-13-7-12-35-18-8-5-4-6-9-18)10-11-20(21)23-15-24(31)22(27(32)33)17-29(23)30(26)28/h4-6,8-11,14-15,17,25-26H,7,12-13,16H2,1-3H3,(H,32,33)/t25-,26?/m1/s1. The molecule has 2 atom stereocenters. The fraction of sp³-hybridized carbons (Fsp3) is 0.357. The van der Waals surface area contributed by atoms with Gasteiger partial charge in [-0.25, -0.2) is 4.79 Å². The third kappa shape index (κ3) is 4.22. The van der Waals surface area contributed by atoms with Gasteiger partial charge in [-0.15, -0.1) is 0 Å². The predicted molar refractivity (Wildman–Crippen MR) is 136 cm³/mol. The summed E-state index contributed by atoms with van der Waals surface area (Å²) in [5.41, 5.74) is 1.41. The van der Waals surface area contributed by atoms with Crippen molar-refractivity contribution in [3.05, 3.63) is 82.1 Å². The van der Waals surface area contributed by atoms with Gasteiger partial charge in [-0.3, -0.25) is 14.5 Å². The molecule has 8 heteroatoms.